The molecule has 9 heavy (non-hydrogen) atoms. The Morgan fingerprint density at radius 3 is 1.89 bits per heavy atom. The van der Waals surface area contributed by atoms with Crippen LogP contribution in [0.5, 0.6) is 0 Å². The summed E-state index contributed by atoms with van der Waals surface area (Å²) in [6, 6.07) is 0. The lowest BCUT2D eigenvalue weighted by atomic mass is 10.1. The third-order valence-electron chi connectivity index (χ3n) is 0.479. The van der Waals surface area contributed by atoms with Gasteiger partial charge in [0.15, 0.2) is 0 Å². The highest BCUT2D eigenvalue weighted by atomic mass is 32.2. The van der Waals surface area contributed by atoms with Crippen molar-refractivity contribution in [1.82, 2.24) is 4.72 Å². The molecule has 0 aliphatic rings. The van der Waals surface area contributed by atoms with Crippen LogP contribution in [0.3, 0.4) is 0 Å². The second-order valence-corrected chi connectivity index (χ2v) is 4.73. The van der Waals surface area contributed by atoms with Crippen molar-refractivity contribution in [1.29, 1.82) is 0 Å². The number of hydrogen-bond donors (Lipinski definition) is 2. The van der Waals surface area contributed by atoms with Gasteiger partial charge >= 0.3 is 0 Å². The molecule has 0 aromatic carbocycles. The van der Waals surface area contributed by atoms with E-state index in [-0.39, 0.29) is 5.54 Å². The highest BCUT2D eigenvalue weighted by molar-refractivity contribution is 7.96. The van der Waals surface area contributed by atoms with Crippen molar-refractivity contribution >= 4 is 15.8 Å². The van der Waals surface area contributed by atoms with Crippen LogP contribution < -0.4 is 9.86 Å². The molecule has 56 valence electrons. The maximum absolute atomic E-state index is 10.8. The Balaban J connectivity index is 4.07. The second-order valence-electron chi connectivity index (χ2n) is 3.08. The monoisotopic (exact) mass is 150 g/mol. The molecule has 4 heteroatoms. The van der Waals surface area contributed by atoms with Gasteiger partial charge in [0, 0.05) is 5.54 Å². The average molecular weight is 150 g/mol. The third kappa shape index (κ3) is 7.94. The van der Waals surface area contributed by atoms with Gasteiger partial charge in [0.25, 0.3) is 0 Å². The predicted molar refractivity (Wildman–Crippen MR) is 42.3 cm³/mol. The molecule has 0 radical (unpaired) electrons. The molecular formula is C5H14N2OS. The second kappa shape index (κ2) is 2.28. The molecule has 0 saturated heterocycles. The molecule has 0 aliphatic heterocycles. The minimum absolute atomic E-state index is 0.229. The Labute approximate surface area is 56.9 Å². The molecule has 0 spiro atoms. The van der Waals surface area contributed by atoms with E-state index in [0.717, 1.165) is 0 Å². The van der Waals surface area contributed by atoms with Crippen LogP contribution in [-0.2, 0) is 9.89 Å². The van der Waals surface area contributed by atoms with E-state index in [4.69, 9.17) is 5.14 Å². The SMILES string of the molecule is C=S(N)(=O)NC(C)(C)C. The normalized spacial score (nSPS) is 19.1. The van der Waals surface area contributed by atoms with Crippen molar-refractivity contribution in [3.63, 3.8) is 0 Å². The molecule has 0 aromatic heterocycles. The summed E-state index contributed by atoms with van der Waals surface area (Å²) in [4.78, 5) is 0. The van der Waals surface area contributed by atoms with Crippen molar-refractivity contribution in [3.8, 4) is 0 Å². The van der Waals surface area contributed by atoms with E-state index in [1.807, 2.05) is 20.8 Å². The first kappa shape index (κ1) is 8.94. The van der Waals surface area contributed by atoms with E-state index >= 15 is 0 Å². The lowest BCUT2D eigenvalue weighted by Crippen LogP contribution is -2.44. The van der Waals surface area contributed by atoms with Crippen LogP contribution in [0.2, 0.25) is 0 Å². The van der Waals surface area contributed by atoms with Crippen molar-refractivity contribution in [2.45, 2.75) is 26.3 Å². The van der Waals surface area contributed by atoms with E-state index in [2.05, 4.69) is 10.6 Å². The number of nitrogens with two attached hydrogens (primary N) is 1. The zero-order valence-electron chi connectivity index (χ0n) is 6.10. The predicted octanol–water partition coefficient (Wildman–Crippen LogP) is -0.120. The highest BCUT2D eigenvalue weighted by Crippen LogP contribution is 1.98. The van der Waals surface area contributed by atoms with E-state index in [0.29, 0.717) is 0 Å². The van der Waals surface area contributed by atoms with Crippen molar-refractivity contribution in [3.05, 3.63) is 0 Å². The van der Waals surface area contributed by atoms with Crippen LogP contribution in [0.4, 0.5) is 0 Å². The minimum Gasteiger partial charge on any atom is -0.248 e. The van der Waals surface area contributed by atoms with E-state index < -0.39 is 9.89 Å². The fraction of sp³-hybridized carbons (Fsp3) is 0.800. The number of hydrogen-bond acceptors (Lipinski definition) is 1. The first-order chi connectivity index (χ1) is 3.71. The Morgan fingerprint density at radius 2 is 1.89 bits per heavy atom. The lowest BCUT2D eigenvalue weighted by Gasteiger charge is -2.20. The molecule has 3 N–H and O–H groups in total. The van der Waals surface area contributed by atoms with Gasteiger partial charge in [-0.15, -0.1) is 0 Å². The molecular weight excluding hydrogens is 136 g/mol. The summed E-state index contributed by atoms with van der Waals surface area (Å²) < 4.78 is 13.4. The highest BCUT2D eigenvalue weighted by Gasteiger charge is 2.11. The Kier molecular flexibility index (Phi) is 2.27. The Morgan fingerprint density at radius 1 is 1.56 bits per heavy atom. The summed E-state index contributed by atoms with van der Waals surface area (Å²) in [5, 5.41) is 5.13. The van der Waals surface area contributed by atoms with Gasteiger partial charge in [-0.25, -0.2) is 14.1 Å². The van der Waals surface area contributed by atoms with E-state index in [1.165, 1.54) is 0 Å². The van der Waals surface area contributed by atoms with Crippen LogP contribution in [-0.4, -0.2) is 15.6 Å². The first-order valence-corrected chi connectivity index (χ1v) is 4.44. The van der Waals surface area contributed by atoms with E-state index in [1.54, 1.807) is 0 Å². The molecule has 1 atom stereocenters. The molecule has 0 bridgehead atoms. The summed E-state index contributed by atoms with van der Waals surface area (Å²) in [7, 11) is -2.53. The fourth-order valence-electron chi connectivity index (χ4n) is 0.518. The average Bonchev–Trinajstić information content (AvgIpc) is 1.14. The van der Waals surface area contributed by atoms with Gasteiger partial charge in [0.05, 0.1) is 9.89 Å². The van der Waals surface area contributed by atoms with Gasteiger partial charge in [0.1, 0.15) is 0 Å². The first-order valence-electron chi connectivity index (χ1n) is 2.65. The van der Waals surface area contributed by atoms with Crippen molar-refractivity contribution in [2.24, 2.45) is 5.14 Å². The van der Waals surface area contributed by atoms with Crippen LogP contribution in [0, 0.1) is 0 Å². The van der Waals surface area contributed by atoms with Crippen molar-refractivity contribution in [2.75, 3.05) is 0 Å². The molecule has 0 aromatic rings. The fourth-order valence-corrected chi connectivity index (χ4v) is 1.55. The standard InChI is InChI=1S/C5H14N2OS/c1-5(2,3)7-9(4,6)8/h4H2,1-3H3,(H3,6,7,8). The molecule has 1 unspecified atom stereocenters. The zero-order chi connectivity index (χ0) is 7.71. The van der Waals surface area contributed by atoms with E-state index in [9.17, 15) is 4.21 Å². The van der Waals surface area contributed by atoms with Gasteiger partial charge in [-0.05, 0) is 26.6 Å². The Bertz CT molecular complexity index is 176. The summed E-state index contributed by atoms with van der Waals surface area (Å²) in [6.07, 6.45) is 0. The third-order valence-corrected chi connectivity index (χ3v) is 1.44. The maximum atomic E-state index is 10.8. The van der Waals surface area contributed by atoms with Gasteiger partial charge in [-0.1, -0.05) is 0 Å². The topological polar surface area (TPSA) is 55.1 Å². The molecule has 0 amide bonds. The largest absolute Gasteiger partial charge is 0.248 e. The maximum Gasteiger partial charge on any atom is 0.0830 e. The molecule has 0 fully saturated rings. The summed E-state index contributed by atoms with van der Waals surface area (Å²) in [5.74, 6) is 3.25. The Hall–Kier alpha value is -0.0600. The van der Waals surface area contributed by atoms with Crippen LogP contribution in [0.15, 0.2) is 0 Å². The molecule has 0 rings (SSSR count). The quantitative estimate of drug-likeness (QED) is 0.503. The van der Waals surface area contributed by atoms with Gasteiger partial charge in [-0.2, -0.15) is 0 Å². The molecule has 0 heterocycles. The van der Waals surface area contributed by atoms with Gasteiger partial charge in [0.2, 0.25) is 0 Å². The van der Waals surface area contributed by atoms with Crippen LogP contribution in [0.25, 0.3) is 0 Å². The molecule has 0 saturated carbocycles. The zero-order valence-corrected chi connectivity index (χ0v) is 6.92. The smallest absolute Gasteiger partial charge is 0.0830 e. The van der Waals surface area contributed by atoms with Gasteiger partial charge in [-0.3, -0.25) is 0 Å². The summed E-state index contributed by atoms with van der Waals surface area (Å²) >= 11 is 0. The summed E-state index contributed by atoms with van der Waals surface area (Å²) in [6.45, 7) is 5.64. The van der Waals surface area contributed by atoms with Crippen LogP contribution in [0.1, 0.15) is 20.8 Å². The van der Waals surface area contributed by atoms with Gasteiger partial charge < -0.3 is 0 Å². The summed E-state index contributed by atoms with van der Waals surface area (Å²) in [5.41, 5.74) is -0.229. The lowest BCUT2D eigenvalue weighted by molar-refractivity contribution is 0.519. The minimum atomic E-state index is -2.53. The van der Waals surface area contributed by atoms with Crippen LogP contribution >= 0.6 is 0 Å². The van der Waals surface area contributed by atoms with Crippen molar-refractivity contribution < 1.29 is 4.21 Å². The number of nitrogens with one attached hydrogen (secondary N) is 1. The molecule has 0 aliphatic carbocycles. The molecule has 3 nitrogen and oxygen atoms in total. The number of rotatable bonds is 1.